The number of carbonyl (C=O) groups excluding carboxylic acids is 2. The number of hydrogen-bond acceptors (Lipinski definition) is 3. The zero-order valence-corrected chi connectivity index (χ0v) is 15.3. The van der Waals surface area contributed by atoms with Crippen molar-refractivity contribution in [3.63, 3.8) is 0 Å². The van der Waals surface area contributed by atoms with Gasteiger partial charge >= 0.3 is 131 Å². The van der Waals surface area contributed by atoms with Gasteiger partial charge in [-0.25, -0.2) is 0 Å². The number of aryl methyl sites for hydroxylation is 1. The van der Waals surface area contributed by atoms with E-state index < -0.39 is 15.8 Å². The van der Waals surface area contributed by atoms with Crippen LogP contribution >= 0.6 is 0 Å². The van der Waals surface area contributed by atoms with Gasteiger partial charge in [-0.15, -0.1) is 0 Å². The Labute approximate surface area is 143 Å². The third kappa shape index (κ3) is 5.45. The van der Waals surface area contributed by atoms with Gasteiger partial charge in [-0.05, 0) is 0 Å². The minimum atomic E-state index is -0.566. The summed E-state index contributed by atoms with van der Waals surface area (Å²) in [5.41, 5.74) is 3.58. The van der Waals surface area contributed by atoms with Crippen LogP contribution in [0.2, 0.25) is 0 Å². The number of hydrogen-bond donors (Lipinski definition) is 1. The Morgan fingerprint density at radius 1 is 0.913 bits per heavy atom. The molecule has 1 atom stereocenters. The molecule has 23 heavy (non-hydrogen) atoms. The molecule has 0 radical (unpaired) electrons. The van der Waals surface area contributed by atoms with Crippen molar-refractivity contribution in [3.05, 3.63) is 70.8 Å². The molecule has 0 spiro atoms. The quantitative estimate of drug-likeness (QED) is 0.572. The molecule has 0 saturated carbocycles. The van der Waals surface area contributed by atoms with E-state index in [4.69, 9.17) is 5.11 Å². The van der Waals surface area contributed by atoms with Crippen LogP contribution in [0.4, 0.5) is 0 Å². The molecule has 0 bridgehead atoms. The number of ketones is 1. The Bertz CT molecular complexity index is 660. The molecule has 0 aromatic heterocycles. The van der Waals surface area contributed by atoms with Crippen molar-refractivity contribution in [3.8, 4) is 0 Å². The third-order valence-electron chi connectivity index (χ3n) is 3.60. The van der Waals surface area contributed by atoms with E-state index in [1.807, 2.05) is 48.5 Å². The van der Waals surface area contributed by atoms with Crippen molar-refractivity contribution < 1.29 is 14.7 Å². The molecule has 0 heterocycles. The molecule has 3 nitrogen and oxygen atoms in total. The fraction of sp³-hybridized carbons (Fsp3) is 0.263. The van der Waals surface area contributed by atoms with Crippen LogP contribution in [0.25, 0.3) is 0 Å². The molecular formula is C19H21AsO3. The number of rotatable bonds is 8. The molecule has 2 aromatic carbocycles. The Kier molecular flexibility index (Phi) is 6.76. The normalized spacial score (nSPS) is 11.0. The molecule has 0 fully saturated rings. The predicted molar refractivity (Wildman–Crippen MR) is 93.3 cm³/mol. The van der Waals surface area contributed by atoms with Gasteiger partial charge in [0, 0.05) is 6.61 Å². The van der Waals surface area contributed by atoms with E-state index in [2.05, 4.69) is 0 Å². The summed E-state index contributed by atoms with van der Waals surface area (Å²) in [5.74, 6) is 0.00727. The van der Waals surface area contributed by atoms with E-state index in [1.165, 1.54) is 0 Å². The Balaban J connectivity index is 2.03. The maximum atomic E-state index is 12.5. The van der Waals surface area contributed by atoms with E-state index in [-0.39, 0.29) is 12.4 Å². The first kappa shape index (κ1) is 17.6. The van der Waals surface area contributed by atoms with Gasteiger partial charge in [-0.2, -0.15) is 0 Å². The second kappa shape index (κ2) is 8.81. The summed E-state index contributed by atoms with van der Waals surface area (Å²) >= 11 is -0.566. The second-order valence-electron chi connectivity index (χ2n) is 5.46. The molecule has 1 N–H and O–H groups in total. The molecule has 1 unspecified atom stereocenters. The third-order valence-corrected chi connectivity index (χ3v) is 5.87. The molecule has 4 heteroatoms. The summed E-state index contributed by atoms with van der Waals surface area (Å²) in [7, 11) is 0. The molecule has 2 rings (SSSR count). The fourth-order valence-electron chi connectivity index (χ4n) is 2.27. The number of aliphatic hydroxyl groups excluding tert-OH is 1. The van der Waals surface area contributed by atoms with Crippen LogP contribution in [0.1, 0.15) is 40.4 Å². The Morgan fingerprint density at radius 3 is 1.91 bits per heavy atom. The molecule has 0 aliphatic heterocycles. The van der Waals surface area contributed by atoms with E-state index in [0.29, 0.717) is 15.7 Å². The summed E-state index contributed by atoms with van der Waals surface area (Å²) in [4.78, 5) is 23.5. The molecule has 2 aromatic rings. The van der Waals surface area contributed by atoms with Gasteiger partial charge in [0.2, 0.25) is 0 Å². The monoisotopic (exact) mass is 372 g/mol. The van der Waals surface area contributed by atoms with Gasteiger partial charge in [-0.3, -0.25) is 0 Å². The van der Waals surface area contributed by atoms with Crippen molar-refractivity contribution in [1.82, 2.24) is 0 Å². The van der Waals surface area contributed by atoms with Crippen molar-refractivity contribution in [2.24, 2.45) is 0 Å². The van der Waals surface area contributed by atoms with Crippen molar-refractivity contribution in [1.29, 1.82) is 0 Å². The molecular weight excluding hydrogens is 351 g/mol. The van der Waals surface area contributed by atoms with E-state index in [0.717, 1.165) is 29.2 Å². The first-order valence-electron chi connectivity index (χ1n) is 7.68. The van der Waals surface area contributed by atoms with E-state index in [9.17, 15) is 9.59 Å². The van der Waals surface area contributed by atoms with Gasteiger partial charge in [0.05, 0.1) is 0 Å². The van der Waals surface area contributed by atoms with E-state index in [1.54, 1.807) is 6.92 Å². The summed E-state index contributed by atoms with van der Waals surface area (Å²) < 4.78 is 0.298. The van der Waals surface area contributed by atoms with Crippen LogP contribution in [0.3, 0.4) is 0 Å². The SMILES string of the molecule is CC(=O)[AsH]Cc1ccc(C(=O)c2ccc(CCCO)cc2)cc1. The molecule has 0 aliphatic carbocycles. The zero-order valence-electron chi connectivity index (χ0n) is 13.2. The van der Waals surface area contributed by atoms with Crippen LogP contribution in [-0.2, 0) is 16.4 Å². The first-order valence-corrected chi connectivity index (χ1v) is 10.2. The number of benzene rings is 2. The number of aliphatic hydroxyl groups is 1. The molecule has 120 valence electrons. The maximum absolute atomic E-state index is 12.5. The average molecular weight is 372 g/mol. The minimum absolute atomic E-state index is 0.00727. The zero-order chi connectivity index (χ0) is 16.7. The van der Waals surface area contributed by atoms with Crippen LogP contribution < -0.4 is 0 Å². The van der Waals surface area contributed by atoms with Crippen molar-refractivity contribution in [2.45, 2.75) is 25.0 Å². The summed E-state index contributed by atoms with van der Waals surface area (Å²) in [5, 5.41) is 9.68. The topological polar surface area (TPSA) is 54.4 Å². The van der Waals surface area contributed by atoms with E-state index >= 15 is 0 Å². The standard InChI is InChI=1S/C19H21AsO3/c1-14(22)20-13-16-6-10-18(11-7-16)19(23)17-8-4-15(5-9-17)3-2-12-21/h4-11,20-21H,2-3,12-13H2,1H3. The van der Waals surface area contributed by atoms with Crippen LogP contribution in [0, 0.1) is 0 Å². The summed E-state index contributed by atoms with van der Waals surface area (Å²) in [6.45, 7) is 1.82. The molecule has 0 amide bonds. The van der Waals surface area contributed by atoms with Gasteiger partial charge < -0.3 is 5.11 Å². The van der Waals surface area contributed by atoms with Crippen LogP contribution in [0.15, 0.2) is 48.5 Å². The summed E-state index contributed by atoms with van der Waals surface area (Å²) in [6, 6.07) is 15.1. The Hall–Kier alpha value is -1.70. The molecule has 0 saturated heterocycles. The number of carbonyl (C=O) groups is 2. The van der Waals surface area contributed by atoms with Crippen molar-refractivity contribution in [2.75, 3.05) is 6.61 Å². The van der Waals surface area contributed by atoms with Gasteiger partial charge in [0.15, 0.2) is 0 Å². The van der Waals surface area contributed by atoms with Gasteiger partial charge in [-0.1, -0.05) is 0 Å². The second-order valence-corrected chi connectivity index (χ2v) is 8.42. The van der Waals surface area contributed by atoms with Crippen LogP contribution in [0.5, 0.6) is 0 Å². The fourth-order valence-corrected chi connectivity index (χ4v) is 3.72. The Morgan fingerprint density at radius 2 is 1.43 bits per heavy atom. The average Bonchev–Trinajstić information content (AvgIpc) is 2.58. The first-order chi connectivity index (χ1) is 11.1. The van der Waals surface area contributed by atoms with Crippen LogP contribution in [-0.4, -0.2) is 37.8 Å². The molecule has 0 aliphatic rings. The summed E-state index contributed by atoms with van der Waals surface area (Å²) in [6.07, 6.45) is 1.55. The predicted octanol–water partition coefficient (Wildman–Crippen LogP) is 2.33. The van der Waals surface area contributed by atoms with Gasteiger partial charge in [0.25, 0.3) is 0 Å². The van der Waals surface area contributed by atoms with Gasteiger partial charge in [0.1, 0.15) is 0 Å². The van der Waals surface area contributed by atoms with Crippen molar-refractivity contribution >= 4 is 26.1 Å².